The van der Waals surface area contributed by atoms with Crippen LogP contribution in [0.2, 0.25) is 0 Å². The molecule has 360 valence electrons. The number of hydrogen-bond donors (Lipinski definition) is 12. The van der Waals surface area contributed by atoms with Crippen LogP contribution < -0.4 is 65.9 Å². The summed E-state index contributed by atoms with van der Waals surface area (Å²) in [6, 6.07) is -8.14. The Labute approximate surface area is 381 Å². The van der Waals surface area contributed by atoms with Crippen LogP contribution in [0.3, 0.4) is 0 Å². The summed E-state index contributed by atoms with van der Waals surface area (Å²) in [6.07, 6.45) is 0.359. The Morgan fingerprint density at radius 1 is 0.831 bits per heavy atom. The van der Waals surface area contributed by atoms with Crippen molar-refractivity contribution in [3.63, 3.8) is 0 Å². The van der Waals surface area contributed by atoms with E-state index in [1.807, 2.05) is 0 Å². The molecule has 2 aliphatic rings. The molecule has 2 fully saturated rings. The highest BCUT2D eigenvalue weighted by molar-refractivity contribution is 8.76. The van der Waals surface area contributed by atoms with Gasteiger partial charge in [-0.3, -0.25) is 52.7 Å². The van der Waals surface area contributed by atoms with E-state index in [2.05, 4.69) is 37.2 Å². The summed E-state index contributed by atoms with van der Waals surface area (Å²) < 4.78 is 5.41. The molecule has 3 heterocycles. The summed E-state index contributed by atoms with van der Waals surface area (Å²) in [7, 11) is 2.02. The van der Waals surface area contributed by atoms with Crippen LogP contribution in [0.1, 0.15) is 58.1 Å². The van der Waals surface area contributed by atoms with E-state index in [0.29, 0.717) is 18.6 Å². The van der Waals surface area contributed by atoms with Gasteiger partial charge in [0.2, 0.25) is 65.0 Å². The molecular formula is C38H59N13O12S2. The fourth-order valence-electron chi connectivity index (χ4n) is 6.69. The molecule has 1 aromatic heterocycles. The largest absolute Gasteiger partial charge is 0.469 e. The number of amides is 11. The van der Waals surface area contributed by atoms with Gasteiger partial charge in [0.05, 0.1) is 31.7 Å². The van der Waals surface area contributed by atoms with Gasteiger partial charge in [-0.2, -0.15) is 0 Å². The number of rotatable bonds is 16. The summed E-state index contributed by atoms with van der Waals surface area (Å²) >= 11 is 0. The molecule has 0 aliphatic carbocycles. The number of furan rings is 1. The number of carbonyl (C=O) groups excluding carboxylic acids is 11. The zero-order valence-corrected chi connectivity index (χ0v) is 37.6. The fourth-order valence-corrected chi connectivity index (χ4v) is 8.97. The van der Waals surface area contributed by atoms with Crippen molar-refractivity contribution in [1.29, 1.82) is 0 Å². The zero-order valence-electron chi connectivity index (χ0n) is 36.0. The van der Waals surface area contributed by atoms with Crippen LogP contribution in [0.5, 0.6) is 0 Å². The van der Waals surface area contributed by atoms with E-state index in [-0.39, 0.29) is 43.9 Å². The topological polar surface area (TPSA) is 418 Å². The van der Waals surface area contributed by atoms with E-state index in [1.54, 1.807) is 26.0 Å². The maximum Gasteiger partial charge on any atom is 0.246 e. The second kappa shape index (κ2) is 26.1. The molecule has 1 aromatic rings. The van der Waals surface area contributed by atoms with E-state index in [0.717, 1.165) is 21.6 Å². The van der Waals surface area contributed by atoms with Gasteiger partial charge < -0.3 is 75.2 Å². The van der Waals surface area contributed by atoms with Crippen molar-refractivity contribution < 1.29 is 57.2 Å². The average molecular weight is 954 g/mol. The van der Waals surface area contributed by atoms with Crippen molar-refractivity contribution >= 4 is 86.6 Å². The second-order valence-electron chi connectivity index (χ2n) is 15.4. The average Bonchev–Trinajstić information content (AvgIpc) is 3.96. The van der Waals surface area contributed by atoms with E-state index in [1.165, 1.54) is 11.2 Å². The van der Waals surface area contributed by atoms with Gasteiger partial charge in [0.15, 0.2) is 0 Å². The van der Waals surface area contributed by atoms with Crippen LogP contribution in [-0.4, -0.2) is 149 Å². The first kappa shape index (κ1) is 53.4. The Hall–Kier alpha value is -5.93. The summed E-state index contributed by atoms with van der Waals surface area (Å²) in [5.41, 5.74) is 27.9. The summed E-state index contributed by atoms with van der Waals surface area (Å²) in [6.45, 7) is 2.85. The van der Waals surface area contributed by atoms with Crippen LogP contribution in [0.25, 0.3) is 0 Å². The maximum absolute atomic E-state index is 14.4. The Balaban J connectivity index is 2.01. The van der Waals surface area contributed by atoms with Crippen LogP contribution >= 0.6 is 21.6 Å². The molecule has 27 heteroatoms. The summed E-state index contributed by atoms with van der Waals surface area (Å²) in [4.78, 5) is 147. The standard InChI is InChI=1S/C38H59N13O12S2/c1-3-18(2)30-37(61)48-24(14-28(42)53)33(57)47-23(13-27(41)52)34(58)49-25(17-65-64-16-20(40)31(55)46-22(35(59)50-30)12-19-6-5-11-63-19)38(62)51-10-4-7-26(51)36(60)45-21(8-9-39)32(56)44-15-29(43)54/h5-6,11,18,20-26,30H,3-4,7-10,12-17,39-40H2,1-2H3,(H2,41,52)(H2,42,53)(H2,43,54)(H,44,56)(H,45,60)(H,46,55)(H,47,57)(H,48,61)(H,49,58)(H,50,59)/t18-,20-,21-,22-,23-,24-,25-,26-,30-/m0/s1. The molecule has 2 saturated heterocycles. The van der Waals surface area contributed by atoms with Gasteiger partial charge in [0.25, 0.3) is 0 Å². The van der Waals surface area contributed by atoms with Gasteiger partial charge in [-0.25, -0.2) is 0 Å². The second-order valence-corrected chi connectivity index (χ2v) is 18.0. The van der Waals surface area contributed by atoms with Gasteiger partial charge in [0, 0.05) is 24.5 Å². The normalized spacial score (nSPS) is 25.0. The molecule has 17 N–H and O–H groups in total. The van der Waals surface area contributed by atoms with E-state index < -0.39 is 139 Å². The lowest BCUT2D eigenvalue weighted by atomic mass is 9.96. The van der Waals surface area contributed by atoms with Gasteiger partial charge in [-0.05, 0) is 43.9 Å². The number of carbonyl (C=O) groups is 11. The molecule has 0 radical (unpaired) electrons. The Bertz CT molecular complexity index is 1910. The van der Waals surface area contributed by atoms with Crippen LogP contribution in [0.4, 0.5) is 0 Å². The Morgan fingerprint density at radius 2 is 1.43 bits per heavy atom. The fraction of sp³-hybridized carbons (Fsp3) is 0.605. The lowest BCUT2D eigenvalue weighted by Crippen LogP contribution is -2.62. The highest BCUT2D eigenvalue weighted by Crippen LogP contribution is 2.26. The Kier molecular flexibility index (Phi) is 21.5. The minimum Gasteiger partial charge on any atom is -0.469 e. The van der Waals surface area contributed by atoms with Crippen molar-refractivity contribution in [2.24, 2.45) is 34.6 Å². The SMILES string of the molecule is CC[C@H](C)[C@@H]1NC(=O)[C@H](Cc2ccco2)NC(=O)[C@@H](N)CSSC[C@@H](C(=O)N2CCC[C@H]2C(=O)N[C@@H](CCN)C(=O)NCC(N)=O)NC(=O)[C@H](CC(N)=O)NC(=O)[C@H](CC(N)=O)NC1=O. The molecule has 0 saturated carbocycles. The van der Waals surface area contributed by atoms with Crippen LogP contribution in [-0.2, 0) is 59.2 Å². The third kappa shape index (κ3) is 16.9. The first-order valence-electron chi connectivity index (χ1n) is 20.7. The molecular weight excluding hydrogens is 895 g/mol. The van der Waals surface area contributed by atoms with Crippen LogP contribution in [0.15, 0.2) is 22.8 Å². The predicted molar refractivity (Wildman–Crippen MR) is 235 cm³/mol. The number of likely N-dealkylation sites (tertiary alicyclic amines) is 1. The van der Waals surface area contributed by atoms with Gasteiger partial charge >= 0.3 is 0 Å². The number of nitrogens with two attached hydrogens (primary N) is 5. The zero-order chi connectivity index (χ0) is 48.4. The van der Waals surface area contributed by atoms with E-state index >= 15 is 0 Å². The first-order chi connectivity index (χ1) is 30.7. The van der Waals surface area contributed by atoms with Crippen molar-refractivity contribution in [1.82, 2.24) is 42.1 Å². The molecule has 65 heavy (non-hydrogen) atoms. The van der Waals surface area contributed by atoms with Gasteiger partial charge in [0.1, 0.15) is 48.1 Å². The third-order valence-corrected chi connectivity index (χ3v) is 12.8. The van der Waals surface area contributed by atoms with Crippen LogP contribution in [0, 0.1) is 5.92 Å². The molecule has 25 nitrogen and oxygen atoms in total. The van der Waals surface area contributed by atoms with Crippen molar-refractivity contribution in [2.45, 2.75) is 107 Å². The molecule has 0 spiro atoms. The smallest absolute Gasteiger partial charge is 0.246 e. The number of nitrogens with zero attached hydrogens (tertiary/aromatic N) is 1. The van der Waals surface area contributed by atoms with Gasteiger partial charge in [-0.1, -0.05) is 41.9 Å². The minimum absolute atomic E-state index is 0.0297. The predicted octanol–water partition coefficient (Wildman–Crippen LogP) is -5.81. The van der Waals surface area contributed by atoms with Crippen molar-refractivity contribution in [3.8, 4) is 0 Å². The molecule has 9 atom stereocenters. The molecule has 0 bridgehead atoms. The quantitative estimate of drug-likeness (QED) is 0.0687. The monoisotopic (exact) mass is 953 g/mol. The van der Waals surface area contributed by atoms with Crippen molar-refractivity contribution in [3.05, 3.63) is 24.2 Å². The number of hydrogen-bond acceptors (Lipinski definition) is 16. The summed E-state index contributed by atoms with van der Waals surface area (Å²) in [5.74, 6) is -10.6. The highest BCUT2D eigenvalue weighted by Gasteiger charge is 2.41. The molecule has 2 aliphatic heterocycles. The molecule has 11 amide bonds. The molecule has 0 aromatic carbocycles. The van der Waals surface area contributed by atoms with Crippen molar-refractivity contribution in [2.75, 3.05) is 31.1 Å². The maximum atomic E-state index is 14.4. The molecule has 0 unspecified atom stereocenters. The van der Waals surface area contributed by atoms with E-state index in [9.17, 15) is 52.7 Å². The summed E-state index contributed by atoms with van der Waals surface area (Å²) in [5, 5.41) is 17.3. The number of primary amides is 3. The lowest BCUT2D eigenvalue weighted by Gasteiger charge is -2.31. The minimum atomic E-state index is -1.79. The highest BCUT2D eigenvalue weighted by atomic mass is 33.1. The Morgan fingerprint density at radius 3 is 2.02 bits per heavy atom. The number of nitrogens with one attached hydrogen (secondary N) is 7. The first-order valence-corrected chi connectivity index (χ1v) is 23.2. The third-order valence-electron chi connectivity index (χ3n) is 10.4. The van der Waals surface area contributed by atoms with Gasteiger partial charge in [-0.15, -0.1) is 0 Å². The lowest BCUT2D eigenvalue weighted by molar-refractivity contribution is -0.142. The molecule has 3 rings (SSSR count). The van der Waals surface area contributed by atoms with E-state index in [4.69, 9.17) is 33.1 Å².